The van der Waals surface area contributed by atoms with E-state index in [-0.39, 0.29) is 11.8 Å². The molecule has 0 bridgehead atoms. The van der Waals surface area contributed by atoms with E-state index in [9.17, 15) is 4.79 Å². The highest BCUT2D eigenvalue weighted by Gasteiger charge is 2.32. The topological polar surface area (TPSA) is 29.1 Å². The fourth-order valence-electron chi connectivity index (χ4n) is 2.74. The summed E-state index contributed by atoms with van der Waals surface area (Å²) in [5, 5.41) is 3.00. The van der Waals surface area contributed by atoms with E-state index in [0.29, 0.717) is 12.0 Å². The van der Waals surface area contributed by atoms with Crippen LogP contribution in [0.5, 0.6) is 0 Å². The lowest BCUT2D eigenvalue weighted by Gasteiger charge is -2.36. The molecule has 1 N–H and O–H groups in total. The average Bonchev–Trinajstić information content (AvgIpc) is 2.33. The van der Waals surface area contributed by atoms with Crippen molar-refractivity contribution in [3.05, 3.63) is 0 Å². The smallest absolute Gasteiger partial charge is 0.223 e. The van der Waals surface area contributed by atoms with Crippen molar-refractivity contribution in [3.8, 4) is 11.8 Å². The number of carbonyl (C=O) groups excluding carboxylic acids is 1. The van der Waals surface area contributed by atoms with Crippen molar-refractivity contribution in [3.63, 3.8) is 0 Å². The van der Waals surface area contributed by atoms with Crippen LogP contribution in [0.2, 0.25) is 0 Å². The van der Waals surface area contributed by atoms with Crippen LogP contribution in [0.4, 0.5) is 0 Å². The van der Waals surface area contributed by atoms with Crippen molar-refractivity contribution in [1.82, 2.24) is 5.32 Å². The van der Waals surface area contributed by atoms with Crippen LogP contribution >= 0.6 is 0 Å². The second-order valence-electron chi connectivity index (χ2n) is 6.38. The molecule has 1 saturated carbocycles. The first-order valence-electron chi connectivity index (χ1n) is 7.12. The van der Waals surface area contributed by atoms with E-state index >= 15 is 0 Å². The normalized spacial score (nSPS) is 24.0. The predicted molar refractivity (Wildman–Crippen MR) is 76.0 cm³/mol. The van der Waals surface area contributed by atoms with Crippen LogP contribution in [0.15, 0.2) is 0 Å². The molecule has 1 rings (SSSR count). The van der Waals surface area contributed by atoms with Gasteiger partial charge in [0.15, 0.2) is 0 Å². The van der Waals surface area contributed by atoms with E-state index in [1.54, 1.807) is 0 Å². The van der Waals surface area contributed by atoms with Gasteiger partial charge in [-0.15, -0.1) is 11.8 Å². The lowest BCUT2D eigenvalue weighted by Crippen LogP contribution is -2.35. The highest BCUT2D eigenvalue weighted by atomic mass is 16.1. The number of hydrogen-bond donors (Lipinski definition) is 1. The van der Waals surface area contributed by atoms with Gasteiger partial charge in [0.1, 0.15) is 0 Å². The number of rotatable bonds is 3. The number of hydrogen-bond acceptors (Lipinski definition) is 1. The largest absolute Gasteiger partial charge is 0.355 e. The number of amides is 1. The van der Waals surface area contributed by atoms with Gasteiger partial charge in [0.2, 0.25) is 5.91 Å². The van der Waals surface area contributed by atoms with Crippen LogP contribution in [0.25, 0.3) is 0 Å². The quantitative estimate of drug-likeness (QED) is 0.603. The van der Waals surface area contributed by atoms with E-state index in [2.05, 4.69) is 37.9 Å². The summed E-state index contributed by atoms with van der Waals surface area (Å²) < 4.78 is 0. The molecule has 1 fully saturated rings. The Labute approximate surface area is 112 Å². The summed E-state index contributed by atoms with van der Waals surface area (Å²) in [5.74, 6) is 7.05. The van der Waals surface area contributed by atoms with Crippen molar-refractivity contribution in [2.24, 2.45) is 17.3 Å². The van der Waals surface area contributed by atoms with E-state index in [0.717, 1.165) is 25.2 Å². The zero-order valence-electron chi connectivity index (χ0n) is 12.3. The van der Waals surface area contributed by atoms with Crippen molar-refractivity contribution < 1.29 is 4.79 Å². The molecule has 1 aliphatic carbocycles. The third-order valence-electron chi connectivity index (χ3n) is 4.05. The third-order valence-corrected chi connectivity index (χ3v) is 4.05. The summed E-state index contributed by atoms with van der Waals surface area (Å²) in [5.41, 5.74) is 0.387. The predicted octanol–water partition coefficient (Wildman–Crippen LogP) is 3.37. The molecule has 0 aromatic rings. The van der Waals surface area contributed by atoms with E-state index in [1.165, 1.54) is 12.8 Å². The second kappa shape index (κ2) is 6.83. The lowest BCUT2D eigenvalue weighted by molar-refractivity contribution is -0.126. The molecule has 0 spiro atoms. The van der Waals surface area contributed by atoms with Gasteiger partial charge < -0.3 is 5.32 Å². The molecule has 2 nitrogen and oxygen atoms in total. The fourth-order valence-corrected chi connectivity index (χ4v) is 2.74. The maximum Gasteiger partial charge on any atom is 0.223 e. The molecule has 0 heterocycles. The molecule has 1 amide bonds. The maximum atomic E-state index is 12.0. The first kappa shape index (κ1) is 15.1. The summed E-state index contributed by atoms with van der Waals surface area (Å²) in [4.78, 5) is 12.0. The Hall–Kier alpha value is -0.970. The van der Waals surface area contributed by atoms with E-state index < -0.39 is 0 Å². The van der Waals surface area contributed by atoms with Crippen LogP contribution in [-0.4, -0.2) is 12.5 Å². The molecule has 0 aromatic heterocycles. The van der Waals surface area contributed by atoms with Crippen molar-refractivity contribution >= 4 is 5.91 Å². The van der Waals surface area contributed by atoms with Crippen LogP contribution in [0.1, 0.15) is 59.8 Å². The van der Waals surface area contributed by atoms with Gasteiger partial charge in [-0.2, -0.15) is 0 Å². The van der Waals surface area contributed by atoms with Crippen molar-refractivity contribution in [2.75, 3.05) is 6.54 Å². The molecular formula is C16H27NO. The van der Waals surface area contributed by atoms with Crippen LogP contribution in [0, 0.1) is 29.1 Å². The Morgan fingerprint density at radius 2 is 1.83 bits per heavy atom. The van der Waals surface area contributed by atoms with Crippen LogP contribution < -0.4 is 5.32 Å². The first-order chi connectivity index (χ1) is 8.45. The lowest BCUT2D eigenvalue weighted by atomic mass is 9.69. The molecule has 18 heavy (non-hydrogen) atoms. The standard InChI is InChI=1S/C16H27NO/c1-5-6-7-12-17-15(18)13-8-10-14(11-9-13)16(2,3)4/h13-14H,7-12H2,1-4H3,(H,17,18). The molecule has 0 aromatic carbocycles. The summed E-state index contributed by atoms with van der Waals surface area (Å²) in [6.07, 6.45) is 5.24. The van der Waals surface area contributed by atoms with Crippen molar-refractivity contribution in [1.29, 1.82) is 0 Å². The first-order valence-corrected chi connectivity index (χ1v) is 7.12. The highest BCUT2D eigenvalue weighted by Crippen LogP contribution is 2.39. The highest BCUT2D eigenvalue weighted by molar-refractivity contribution is 5.78. The monoisotopic (exact) mass is 249 g/mol. The summed E-state index contributed by atoms with van der Waals surface area (Å²) >= 11 is 0. The molecule has 2 heteroatoms. The zero-order valence-corrected chi connectivity index (χ0v) is 12.3. The number of nitrogens with one attached hydrogen (secondary N) is 1. The van der Waals surface area contributed by atoms with Gasteiger partial charge in [-0.05, 0) is 43.9 Å². The minimum absolute atomic E-state index is 0.234. The SMILES string of the molecule is CC#CCCNC(=O)C1CCC(C(C)(C)C)CC1. The molecule has 0 saturated heterocycles. The van der Waals surface area contributed by atoms with Gasteiger partial charge in [0.05, 0.1) is 0 Å². The Bertz CT molecular complexity index is 321. The minimum Gasteiger partial charge on any atom is -0.355 e. The fraction of sp³-hybridized carbons (Fsp3) is 0.812. The minimum atomic E-state index is 0.234. The molecule has 0 atom stereocenters. The Balaban J connectivity index is 2.29. The van der Waals surface area contributed by atoms with Gasteiger partial charge in [-0.3, -0.25) is 4.79 Å². The molecule has 0 aliphatic heterocycles. The summed E-state index contributed by atoms with van der Waals surface area (Å²) in [6, 6.07) is 0. The third kappa shape index (κ3) is 4.72. The second-order valence-corrected chi connectivity index (χ2v) is 6.38. The maximum absolute atomic E-state index is 12.0. The Morgan fingerprint density at radius 1 is 1.22 bits per heavy atom. The average molecular weight is 249 g/mol. The molecule has 1 aliphatic rings. The van der Waals surface area contributed by atoms with Gasteiger partial charge in [0.25, 0.3) is 0 Å². The van der Waals surface area contributed by atoms with Crippen LogP contribution in [-0.2, 0) is 4.79 Å². The molecule has 102 valence electrons. The Kier molecular flexibility index (Phi) is 5.72. The number of carbonyl (C=O) groups is 1. The van der Waals surface area contributed by atoms with Gasteiger partial charge >= 0.3 is 0 Å². The van der Waals surface area contributed by atoms with Crippen LogP contribution in [0.3, 0.4) is 0 Å². The van der Waals surface area contributed by atoms with Gasteiger partial charge in [-0.25, -0.2) is 0 Å². The molecular weight excluding hydrogens is 222 g/mol. The molecule has 0 unspecified atom stereocenters. The van der Waals surface area contributed by atoms with Gasteiger partial charge in [0, 0.05) is 18.9 Å². The Morgan fingerprint density at radius 3 is 2.33 bits per heavy atom. The molecule has 0 radical (unpaired) electrons. The zero-order chi connectivity index (χ0) is 13.6. The van der Waals surface area contributed by atoms with E-state index in [1.807, 2.05) is 6.92 Å². The summed E-state index contributed by atoms with van der Waals surface area (Å²) in [7, 11) is 0. The van der Waals surface area contributed by atoms with Gasteiger partial charge in [-0.1, -0.05) is 20.8 Å². The van der Waals surface area contributed by atoms with Crippen molar-refractivity contribution in [2.45, 2.75) is 59.8 Å². The van der Waals surface area contributed by atoms with E-state index in [4.69, 9.17) is 0 Å². The summed E-state index contributed by atoms with van der Waals surface area (Å²) in [6.45, 7) is 9.44.